The number of thiophene rings is 1. The van der Waals surface area contributed by atoms with Gasteiger partial charge in [-0.25, -0.2) is 9.78 Å². The Labute approximate surface area is 137 Å². The molecule has 0 saturated heterocycles. The van der Waals surface area contributed by atoms with E-state index in [4.69, 9.17) is 4.74 Å². The second kappa shape index (κ2) is 5.96. The number of aryl methyl sites for hydroxylation is 2. The highest BCUT2D eigenvalue weighted by Gasteiger charge is 2.20. The van der Waals surface area contributed by atoms with E-state index in [9.17, 15) is 9.59 Å². The second-order valence-corrected chi connectivity index (χ2v) is 6.24. The number of hydrogen-bond acceptors (Lipinski definition) is 5. The molecule has 0 amide bonds. The van der Waals surface area contributed by atoms with Crippen molar-refractivity contribution in [3.05, 3.63) is 50.6 Å². The summed E-state index contributed by atoms with van der Waals surface area (Å²) in [5, 5.41) is 0.453. The lowest BCUT2D eigenvalue weighted by atomic mass is 10.1. The zero-order chi connectivity index (χ0) is 16.6. The van der Waals surface area contributed by atoms with Gasteiger partial charge in [0.15, 0.2) is 0 Å². The van der Waals surface area contributed by atoms with Crippen LogP contribution in [0.5, 0.6) is 0 Å². The molecule has 0 atom stereocenters. The van der Waals surface area contributed by atoms with Gasteiger partial charge in [0.25, 0.3) is 5.56 Å². The van der Waals surface area contributed by atoms with Gasteiger partial charge in [-0.3, -0.25) is 4.79 Å². The fraction of sp³-hybridized carbons (Fsp3) is 0.235. The normalized spacial score (nSPS) is 10.9. The summed E-state index contributed by atoms with van der Waals surface area (Å²) in [5.41, 5.74) is 2.30. The van der Waals surface area contributed by atoms with Crippen LogP contribution in [-0.2, 0) is 4.74 Å². The number of benzene rings is 1. The van der Waals surface area contributed by atoms with Crippen LogP contribution in [0.2, 0.25) is 0 Å². The second-order valence-electron chi connectivity index (χ2n) is 5.24. The molecule has 0 spiro atoms. The van der Waals surface area contributed by atoms with E-state index in [1.54, 1.807) is 13.8 Å². The molecule has 1 aromatic carbocycles. The van der Waals surface area contributed by atoms with Gasteiger partial charge in [-0.2, -0.15) is 0 Å². The van der Waals surface area contributed by atoms with Crippen LogP contribution in [0.1, 0.15) is 27.7 Å². The van der Waals surface area contributed by atoms with Gasteiger partial charge < -0.3 is 9.72 Å². The van der Waals surface area contributed by atoms with Crippen molar-refractivity contribution in [3.8, 4) is 11.4 Å². The number of aromatic amines is 1. The summed E-state index contributed by atoms with van der Waals surface area (Å²) in [7, 11) is 0. The molecular formula is C17H16N2O3S. The molecule has 3 aromatic rings. The highest BCUT2D eigenvalue weighted by Crippen LogP contribution is 2.29. The Hall–Kier alpha value is -2.47. The molecule has 0 radical (unpaired) electrons. The van der Waals surface area contributed by atoms with Crippen LogP contribution in [0.25, 0.3) is 21.6 Å². The molecule has 0 saturated carbocycles. The Morgan fingerprint density at radius 1 is 1.35 bits per heavy atom. The number of aromatic nitrogens is 2. The summed E-state index contributed by atoms with van der Waals surface area (Å²) in [6, 6.07) is 7.74. The molecule has 5 nitrogen and oxygen atoms in total. The lowest BCUT2D eigenvalue weighted by Gasteiger charge is -2.02. The van der Waals surface area contributed by atoms with Gasteiger partial charge in [0.1, 0.15) is 15.5 Å². The van der Waals surface area contributed by atoms with Crippen molar-refractivity contribution >= 4 is 27.5 Å². The highest BCUT2D eigenvalue weighted by molar-refractivity contribution is 7.20. The van der Waals surface area contributed by atoms with Gasteiger partial charge in [0, 0.05) is 5.56 Å². The molecule has 2 heterocycles. The molecule has 1 N–H and O–H groups in total. The minimum atomic E-state index is -0.412. The molecule has 0 aliphatic heterocycles. The van der Waals surface area contributed by atoms with Crippen molar-refractivity contribution < 1.29 is 9.53 Å². The van der Waals surface area contributed by atoms with Gasteiger partial charge in [-0.15, -0.1) is 11.3 Å². The number of hydrogen-bond donors (Lipinski definition) is 1. The largest absolute Gasteiger partial charge is 0.462 e. The molecule has 0 unspecified atom stereocenters. The van der Waals surface area contributed by atoms with Gasteiger partial charge in [-0.05, 0) is 32.4 Å². The lowest BCUT2D eigenvalue weighted by Crippen LogP contribution is -2.10. The zero-order valence-corrected chi connectivity index (χ0v) is 13.9. The van der Waals surface area contributed by atoms with Crippen LogP contribution in [-0.4, -0.2) is 22.5 Å². The van der Waals surface area contributed by atoms with Crippen LogP contribution < -0.4 is 5.56 Å². The topological polar surface area (TPSA) is 72.0 Å². The van der Waals surface area contributed by atoms with Gasteiger partial charge >= 0.3 is 5.97 Å². The van der Waals surface area contributed by atoms with Crippen molar-refractivity contribution in [3.63, 3.8) is 0 Å². The Bertz CT molecular complexity index is 956. The van der Waals surface area contributed by atoms with E-state index in [2.05, 4.69) is 9.97 Å². The average molecular weight is 328 g/mol. The standard InChI is InChI=1S/C17H16N2O3S/c1-4-22-17(21)13-10(3)12-15(20)18-14(19-16(12)23-13)11-7-5-6-9(2)8-11/h5-8H,4H2,1-3H3,(H,18,19,20). The fourth-order valence-corrected chi connectivity index (χ4v) is 3.54. The molecule has 2 aromatic heterocycles. The van der Waals surface area contributed by atoms with Gasteiger partial charge in [-0.1, -0.05) is 23.8 Å². The third-order valence-corrected chi connectivity index (χ3v) is 4.72. The molecule has 6 heteroatoms. The quantitative estimate of drug-likeness (QED) is 0.748. The van der Waals surface area contributed by atoms with E-state index in [1.165, 1.54) is 11.3 Å². The summed E-state index contributed by atoms with van der Waals surface area (Å²) >= 11 is 1.19. The maximum atomic E-state index is 12.4. The number of H-pyrrole nitrogens is 1. The molecule has 0 aliphatic rings. The van der Waals surface area contributed by atoms with Crippen molar-refractivity contribution in [2.24, 2.45) is 0 Å². The Morgan fingerprint density at radius 3 is 2.83 bits per heavy atom. The first-order valence-electron chi connectivity index (χ1n) is 7.28. The first-order valence-corrected chi connectivity index (χ1v) is 8.10. The van der Waals surface area contributed by atoms with Crippen LogP contribution in [0.3, 0.4) is 0 Å². The number of carbonyl (C=O) groups excluding carboxylic acids is 1. The van der Waals surface area contributed by atoms with Crippen LogP contribution >= 0.6 is 11.3 Å². The molecule has 0 bridgehead atoms. The Kier molecular flexibility index (Phi) is 4.00. The third-order valence-electron chi connectivity index (χ3n) is 3.55. The zero-order valence-electron chi connectivity index (χ0n) is 13.1. The molecule has 23 heavy (non-hydrogen) atoms. The van der Waals surface area contributed by atoms with E-state index in [0.717, 1.165) is 11.1 Å². The summed E-state index contributed by atoms with van der Waals surface area (Å²) in [4.78, 5) is 32.7. The SMILES string of the molecule is CCOC(=O)c1sc2nc(-c3cccc(C)c3)[nH]c(=O)c2c1C. The summed E-state index contributed by atoms with van der Waals surface area (Å²) in [6.45, 7) is 5.77. The third kappa shape index (κ3) is 2.77. The van der Waals surface area contributed by atoms with Crippen molar-refractivity contribution in [1.82, 2.24) is 9.97 Å². The Morgan fingerprint density at radius 2 is 2.13 bits per heavy atom. The number of ether oxygens (including phenoxy) is 1. The number of fused-ring (bicyclic) bond motifs is 1. The number of nitrogens with zero attached hydrogens (tertiary/aromatic N) is 1. The fourth-order valence-electron chi connectivity index (χ4n) is 2.46. The van der Waals surface area contributed by atoms with Crippen LogP contribution in [0.4, 0.5) is 0 Å². The molecule has 118 valence electrons. The maximum absolute atomic E-state index is 12.4. The molecule has 0 fully saturated rings. The predicted molar refractivity (Wildman–Crippen MR) is 91.1 cm³/mol. The van der Waals surface area contributed by atoms with E-state index in [-0.39, 0.29) is 5.56 Å². The van der Waals surface area contributed by atoms with E-state index in [0.29, 0.717) is 33.1 Å². The van der Waals surface area contributed by atoms with Crippen LogP contribution in [0.15, 0.2) is 29.1 Å². The van der Waals surface area contributed by atoms with E-state index in [1.807, 2.05) is 31.2 Å². The summed E-state index contributed by atoms with van der Waals surface area (Å²) < 4.78 is 5.04. The molecule has 3 rings (SSSR count). The monoisotopic (exact) mass is 328 g/mol. The van der Waals surface area contributed by atoms with Gasteiger partial charge in [0.2, 0.25) is 0 Å². The number of rotatable bonds is 3. The van der Waals surface area contributed by atoms with Crippen molar-refractivity contribution in [2.45, 2.75) is 20.8 Å². The number of carbonyl (C=O) groups is 1. The van der Waals surface area contributed by atoms with E-state index >= 15 is 0 Å². The van der Waals surface area contributed by atoms with E-state index < -0.39 is 5.97 Å². The summed E-state index contributed by atoms with van der Waals surface area (Å²) in [5.74, 6) is 0.0902. The highest BCUT2D eigenvalue weighted by atomic mass is 32.1. The molecule has 0 aliphatic carbocycles. The first-order chi connectivity index (χ1) is 11.0. The average Bonchev–Trinajstić information content (AvgIpc) is 2.85. The van der Waals surface area contributed by atoms with Crippen molar-refractivity contribution in [2.75, 3.05) is 6.61 Å². The van der Waals surface area contributed by atoms with Crippen molar-refractivity contribution in [1.29, 1.82) is 0 Å². The predicted octanol–water partition coefficient (Wildman–Crippen LogP) is 3.45. The number of esters is 1. The van der Waals surface area contributed by atoms with Crippen LogP contribution in [0, 0.1) is 13.8 Å². The Balaban J connectivity index is 2.19. The first kappa shape index (κ1) is 15.4. The lowest BCUT2D eigenvalue weighted by molar-refractivity contribution is 0.0531. The summed E-state index contributed by atoms with van der Waals surface area (Å²) in [6.07, 6.45) is 0. The smallest absolute Gasteiger partial charge is 0.348 e. The molecular weight excluding hydrogens is 312 g/mol. The number of nitrogens with one attached hydrogen (secondary N) is 1. The van der Waals surface area contributed by atoms with Gasteiger partial charge in [0.05, 0.1) is 12.0 Å². The minimum absolute atomic E-state index is 0.240. The maximum Gasteiger partial charge on any atom is 0.348 e. The minimum Gasteiger partial charge on any atom is -0.462 e.